The topological polar surface area (TPSA) is 59.2 Å². The van der Waals surface area contributed by atoms with E-state index < -0.39 is 5.82 Å². The summed E-state index contributed by atoms with van der Waals surface area (Å²) in [4.78, 5) is 18.0. The summed E-state index contributed by atoms with van der Waals surface area (Å²) in [6, 6.07) is 1.51. The molecule has 0 aromatic carbocycles. The summed E-state index contributed by atoms with van der Waals surface area (Å²) in [5.74, 6) is 0.0451. The molecule has 0 aliphatic heterocycles. The number of halogens is 1. The third kappa shape index (κ3) is 2.30. The van der Waals surface area contributed by atoms with Gasteiger partial charge >= 0.3 is 0 Å². The number of nitrogen functional groups attached to an aromatic ring is 1. The lowest BCUT2D eigenvalue weighted by Gasteiger charge is -2.22. The van der Waals surface area contributed by atoms with Gasteiger partial charge in [-0.05, 0) is 37.7 Å². The Morgan fingerprint density at radius 2 is 2.17 bits per heavy atom. The van der Waals surface area contributed by atoms with Crippen LogP contribution in [-0.4, -0.2) is 28.4 Å². The van der Waals surface area contributed by atoms with Crippen LogP contribution >= 0.6 is 0 Å². The summed E-state index contributed by atoms with van der Waals surface area (Å²) < 4.78 is 13.2. The highest BCUT2D eigenvalue weighted by molar-refractivity contribution is 5.98. The molecule has 1 aromatic heterocycles. The van der Waals surface area contributed by atoms with E-state index in [0.717, 1.165) is 25.6 Å². The van der Waals surface area contributed by atoms with Crippen LogP contribution < -0.4 is 5.73 Å². The molecule has 2 aliphatic rings. The highest BCUT2D eigenvalue weighted by Gasteiger charge is 2.37. The first kappa shape index (κ1) is 11.4. The van der Waals surface area contributed by atoms with Crippen LogP contribution in [0.3, 0.4) is 0 Å². The van der Waals surface area contributed by atoms with E-state index >= 15 is 0 Å². The fourth-order valence-corrected chi connectivity index (χ4v) is 2.14. The van der Waals surface area contributed by atoms with Gasteiger partial charge in [0.2, 0.25) is 0 Å². The van der Waals surface area contributed by atoms with Gasteiger partial charge in [0, 0.05) is 12.6 Å². The maximum Gasteiger partial charge on any atom is 0.257 e. The van der Waals surface area contributed by atoms with E-state index in [1.807, 2.05) is 4.90 Å². The molecule has 1 heterocycles. The van der Waals surface area contributed by atoms with Gasteiger partial charge < -0.3 is 10.6 Å². The Morgan fingerprint density at radius 1 is 1.44 bits per heavy atom. The SMILES string of the molecule is Nc1ncc(F)cc1C(=O)N(CC1CC1)C1CC1. The fraction of sp³-hybridized carbons (Fsp3) is 0.538. The average molecular weight is 249 g/mol. The summed E-state index contributed by atoms with van der Waals surface area (Å²) in [7, 11) is 0. The van der Waals surface area contributed by atoms with Crippen molar-refractivity contribution in [1.29, 1.82) is 0 Å². The number of amides is 1. The minimum atomic E-state index is -0.519. The second-order valence-corrected chi connectivity index (χ2v) is 5.22. The van der Waals surface area contributed by atoms with Gasteiger partial charge in [-0.1, -0.05) is 0 Å². The minimum Gasteiger partial charge on any atom is -0.383 e. The molecule has 5 heteroatoms. The smallest absolute Gasteiger partial charge is 0.257 e. The van der Waals surface area contributed by atoms with Gasteiger partial charge in [-0.3, -0.25) is 4.79 Å². The van der Waals surface area contributed by atoms with E-state index in [4.69, 9.17) is 5.73 Å². The van der Waals surface area contributed by atoms with E-state index in [0.29, 0.717) is 12.0 Å². The Kier molecular flexibility index (Phi) is 2.69. The summed E-state index contributed by atoms with van der Waals surface area (Å²) in [5, 5.41) is 0. The Bertz CT molecular complexity index is 483. The lowest BCUT2D eigenvalue weighted by atomic mass is 10.2. The largest absolute Gasteiger partial charge is 0.383 e. The summed E-state index contributed by atoms with van der Waals surface area (Å²) in [6.07, 6.45) is 5.50. The molecule has 0 radical (unpaired) electrons. The van der Waals surface area contributed by atoms with Crippen LogP contribution in [0.25, 0.3) is 0 Å². The molecule has 96 valence electrons. The quantitative estimate of drug-likeness (QED) is 0.885. The van der Waals surface area contributed by atoms with Crippen molar-refractivity contribution in [2.24, 2.45) is 5.92 Å². The first-order valence-corrected chi connectivity index (χ1v) is 6.37. The second-order valence-electron chi connectivity index (χ2n) is 5.22. The van der Waals surface area contributed by atoms with Crippen LogP contribution in [0, 0.1) is 11.7 Å². The Balaban J connectivity index is 1.83. The van der Waals surface area contributed by atoms with Crippen molar-refractivity contribution in [2.75, 3.05) is 12.3 Å². The molecule has 0 atom stereocenters. The number of rotatable bonds is 4. The number of carbonyl (C=O) groups is 1. The van der Waals surface area contributed by atoms with Crippen molar-refractivity contribution in [3.8, 4) is 0 Å². The van der Waals surface area contributed by atoms with Crippen molar-refractivity contribution < 1.29 is 9.18 Å². The number of nitrogens with zero attached hydrogens (tertiary/aromatic N) is 2. The number of carbonyl (C=O) groups excluding carboxylic acids is 1. The highest BCUT2D eigenvalue weighted by Crippen LogP contribution is 2.36. The van der Waals surface area contributed by atoms with Gasteiger partial charge in [-0.2, -0.15) is 0 Å². The van der Waals surface area contributed by atoms with E-state index in [-0.39, 0.29) is 17.3 Å². The first-order chi connectivity index (χ1) is 8.65. The number of anilines is 1. The third-order valence-corrected chi connectivity index (χ3v) is 3.52. The average Bonchev–Trinajstić information content (AvgIpc) is 3.21. The highest BCUT2D eigenvalue weighted by atomic mass is 19.1. The lowest BCUT2D eigenvalue weighted by molar-refractivity contribution is 0.0735. The Hall–Kier alpha value is -1.65. The predicted octanol–water partition coefficient (Wildman–Crippen LogP) is 1.82. The first-order valence-electron chi connectivity index (χ1n) is 6.37. The monoisotopic (exact) mass is 249 g/mol. The van der Waals surface area contributed by atoms with Crippen LogP contribution in [0.5, 0.6) is 0 Å². The normalized spacial score (nSPS) is 18.7. The van der Waals surface area contributed by atoms with Gasteiger partial charge in [0.05, 0.1) is 11.8 Å². The molecule has 4 nitrogen and oxygen atoms in total. The predicted molar refractivity (Wildman–Crippen MR) is 65.4 cm³/mol. The number of aromatic nitrogens is 1. The van der Waals surface area contributed by atoms with Crippen LogP contribution in [-0.2, 0) is 0 Å². The number of nitrogens with two attached hydrogens (primary N) is 1. The van der Waals surface area contributed by atoms with Crippen molar-refractivity contribution >= 4 is 11.7 Å². The summed E-state index contributed by atoms with van der Waals surface area (Å²) in [6.45, 7) is 0.777. The van der Waals surface area contributed by atoms with E-state index in [1.54, 1.807) is 0 Å². The molecule has 2 N–H and O–H groups in total. The molecule has 2 fully saturated rings. The number of pyridine rings is 1. The van der Waals surface area contributed by atoms with Crippen molar-refractivity contribution in [1.82, 2.24) is 9.88 Å². The van der Waals surface area contributed by atoms with E-state index in [1.165, 1.54) is 18.9 Å². The zero-order valence-electron chi connectivity index (χ0n) is 10.1. The molecule has 3 rings (SSSR count). The molecule has 0 saturated heterocycles. The third-order valence-electron chi connectivity index (χ3n) is 3.52. The Morgan fingerprint density at radius 3 is 2.78 bits per heavy atom. The molecular formula is C13H16FN3O. The molecule has 2 saturated carbocycles. The van der Waals surface area contributed by atoms with Crippen molar-refractivity contribution in [3.63, 3.8) is 0 Å². The molecule has 1 amide bonds. The van der Waals surface area contributed by atoms with Crippen LogP contribution in [0.4, 0.5) is 10.2 Å². The van der Waals surface area contributed by atoms with Gasteiger partial charge in [0.25, 0.3) is 5.91 Å². The molecule has 0 bridgehead atoms. The fourth-order valence-electron chi connectivity index (χ4n) is 2.14. The molecule has 1 aromatic rings. The molecule has 0 spiro atoms. The van der Waals surface area contributed by atoms with E-state index in [2.05, 4.69) is 4.98 Å². The molecule has 18 heavy (non-hydrogen) atoms. The van der Waals surface area contributed by atoms with Crippen LogP contribution in [0.1, 0.15) is 36.0 Å². The standard InChI is InChI=1S/C13H16FN3O/c14-9-5-11(12(15)16-6-9)13(18)17(10-3-4-10)7-8-1-2-8/h5-6,8,10H,1-4,7H2,(H2,15,16). The maximum atomic E-state index is 13.2. The summed E-state index contributed by atoms with van der Waals surface area (Å²) in [5.41, 5.74) is 5.87. The molecular weight excluding hydrogens is 233 g/mol. The second kappa shape index (κ2) is 4.23. The number of hydrogen-bond donors (Lipinski definition) is 1. The summed E-state index contributed by atoms with van der Waals surface area (Å²) >= 11 is 0. The Labute approximate surface area is 105 Å². The van der Waals surface area contributed by atoms with Crippen LogP contribution in [0.2, 0.25) is 0 Å². The van der Waals surface area contributed by atoms with Crippen molar-refractivity contribution in [2.45, 2.75) is 31.7 Å². The van der Waals surface area contributed by atoms with Gasteiger partial charge in [-0.15, -0.1) is 0 Å². The molecule has 0 unspecified atom stereocenters. The van der Waals surface area contributed by atoms with Gasteiger partial charge in [0.1, 0.15) is 11.6 Å². The maximum absolute atomic E-state index is 13.2. The van der Waals surface area contributed by atoms with Crippen LogP contribution in [0.15, 0.2) is 12.3 Å². The molecule has 2 aliphatic carbocycles. The van der Waals surface area contributed by atoms with Gasteiger partial charge in [0.15, 0.2) is 0 Å². The lowest BCUT2D eigenvalue weighted by Crippen LogP contribution is -2.35. The zero-order valence-corrected chi connectivity index (χ0v) is 10.1. The van der Waals surface area contributed by atoms with Crippen molar-refractivity contribution in [3.05, 3.63) is 23.6 Å². The van der Waals surface area contributed by atoms with Gasteiger partial charge in [-0.25, -0.2) is 9.37 Å². The minimum absolute atomic E-state index is 0.114. The van der Waals surface area contributed by atoms with E-state index in [9.17, 15) is 9.18 Å². The zero-order chi connectivity index (χ0) is 12.7. The number of hydrogen-bond acceptors (Lipinski definition) is 3.